The van der Waals surface area contributed by atoms with Gasteiger partial charge in [-0.15, -0.1) is 0 Å². The highest BCUT2D eigenvalue weighted by Crippen LogP contribution is 2.34. The molecule has 0 bridgehead atoms. The van der Waals surface area contributed by atoms with Crippen molar-refractivity contribution in [1.82, 2.24) is 0 Å². The van der Waals surface area contributed by atoms with Gasteiger partial charge in [-0.1, -0.05) is 18.2 Å². The van der Waals surface area contributed by atoms with Gasteiger partial charge in [-0.3, -0.25) is 4.79 Å². The van der Waals surface area contributed by atoms with Crippen LogP contribution in [0.3, 0.4) is 0 Å². The predicted octanol–water partition coefficient (Wildman–Crippen LogP) is 5.26. The summed E-state index contributed by atoms with van der Waals surface area (Å²) in [7, 11) is 0. The third-order valence-corrected chi connectivity index (χ3v) is 4.76. The molecule has 0 radical (unpaired) electrons. The molecule has 0 atom stereocenters. The summed E-state index contributed by atoms with van der Waals surface area (Å²) in [5.74, 6) is -0.780. The first-order valence-corrected chi connectivity index (χ1v) is 9.89. The van der Waals surface area contributed by atoms with Gasteiger partial charge < -0.3 is 20.5 Å². The number of alkyl halides is 3. The third kappa shape index (κ3) is 5.78. The van der Waals surface area contributed by atoms with Gasteiger partial charge in [0.05, 0.1) is 24.5 Å². The quantitative estimate of drug-likeness (QED) is 0.509. The normalized spacial score (nSPS) is 13.8. The van der Waals surface area contributed by atoms with Crippen molar-refractivity contribution in [1.29, 1.82) is 0 Å². The van der Waals surface area contributed by atoms with Crippen LogP contribution in [0.4, 0.5) is 33.7 Å². The number of amides is 2. The molecule has 0 heterocycles. The largest absolute Gasteiger partial charge is 0.490 e. The van der Waals surface area contributed by atoms with Crippen LogP contribution in [-0.4, -0.2) is 23.5 Å². The van der Waals surface area contributed by atoms with Crippen molar-refractivity contribution in [3.05, 3.63) is 76.8 Å². The number of carbonyl (C=O) groups is 2. The molecule has 1 aliphatic carbocycles. The molecular weight excluding hydrogens is 444 g/mol. The number of ketones is 1. The molecule has 2 aromatic carbocycles. The van der Waals surface area contributed by atoms with Crippen molar-refractivity contribution in [2.45, 2.75) is 26.1 Å². The maximum Gasteiger partial charge on any atom is 0.416 e. The Labute approximate surface area is 186 Å². The van der Waals surface area contributed by atoms with Gasteiger partial charge in [-0.25, -0.2) is 9.18 Å². The number of hydrogen-bond acceptors (Lipinski definition) is 4. The zero-order valence-corrected chi connectivity index (χ0v) is 17.4. The molecule has 3 rings (SSSR count). The first-order chi connectivity index (χ1) is 15.6. The van der Waals surface area contributed by atoms with Crippen LogP contribution >= 0.6 is 0 Å². The molecule has 33 heavy (non-hydrogen) atoms. The Morgan fingerprint density at radius 3 is 2.55 bits per heavy atom. The number of ether oxygens (including phenoxy) is 1. The first kappa shape index (κ1) is 24.0. The van der Waals surface area contributed by atoms with Crippen molar-refractivity contribution < 1.29 is 37.0 Å². The van der Waals surface area contributed by atoms with E-state index in [1.165, 1.54) is 24.3 Å². The number of aliphatic hydroxyl groups excluding tert-OH is 1. The van der Waals surface area contributed by atoms with Gasteiger partial charge in [0.1, 0.15) is 5.82 Å². The van der Waals surface area contributed by atoms with E-state index in [0.29, 0.717) is 23.8 Å². The fourth-order valence-electron chi connectivity index (χ4n) is 3.20. The monoisotopic (exact) mass is 464 g/mol. The number of rotatable bonds is 6. The lowest BCUT2D eigenvalue weighted by molar-refractivity contribution is -0.138. The molecule has 10 heteroatoms. The minimum atomic E-state index is -4.72. The molecule has 2 amide bonds. The van der Waals surface area contributed by atoms with Crippen LogP contribution in [0.5, 0.6) is 0 Å². The minimum absolute atomic E-state index is 0.111. The average molecular weight is 464 g/mol. The van der Waals surface area contributed by atoms with Crippen LogP contribution in [0.25, 0.3) is 5.57 Å². The number of anilines is 2. The molecule has 0 saturated heterocycles. The van der Waals surface area contributed by atoms with Gasteiger partial charge in [0.15, 0.2) is 5.76 Å². The molecule has 0 fully saturated rings. The van der Waals surface area contributed by atoms with E-state index >= 15 is 0 Å². The van der Waals surface area contributed by atoms with Crippen LogP contribution in [0.15, 0.2) is 54.3 Å². The van der Waals surface area contributed by atoms with Gasteiger partial charge >= 0.3 is 12.2 Å². The minimum Gasteiger partial charge on any atom is -0.490 e. The van der Waals surface area contributed by atoms with E-state index in [-0.39, 0.29) is 34.9 Å². The maximum atomic E-state index is 14.6. The number of hydrogen-bond donors (Lipinski definition) is 3. The van der Waals surface area contributed by atoms with Gasteiger partial charge in [0.2, 0.25) is 5.78 Å². The summed E-state index contributed by atoms with van der Waals surface area (Å²) in [5.41, 5.74) is -0.762. The highest BCUT2D eigenvalue weighted by atomic mass is 19.4. The van der Waals surface area contributed by atoms with E-state index in [4.69, 9.17) is 9.84 Å². The summed E-state index contributed by atoms with van der Waals surface area (Å²) in [5, 5.41) is 13.5. The van der Waals surface area contributed by atoms with Crippen molar-refractivity contribution in [3.63, 3.8) is 0 Å². The molecule has 0 aliphatic heterocycles. The smallest absolute Gasteiger partial charge is 0.416 e. The van der Waals surface area contributed by atoms with E-state index in [2.05, 4.69) is 10.6 Å². The Bertz CT molecular complexity index is 1140. The lowest BCUT2D eigenvalue weighted by Gasteiger charge is -2.15. The van der Waals surface area contributed by atoms with Gasteiger partial charge in [-0.2, -0.15) is 13.2 Å². The topological polar surface area (TPSA) is 87.7 Å². The SMILES string of the molecule is CCOC1=CC(c2ccc(NC(=O)Nc3ccc(CO)c(C(F)(F)F)c3)c(F)c2)=CCC1=O. The number of halogens is 4. The standard InChI is InChI=1S/C23H20F4N2O4/c1-2-33-21-10-14(5-8-20(21)31)13-4-7-19(18(24)9-13)29-22(32)28-16-6-3-15(12-30)17(11-16)23(25,26)27/h3-7,9-11,30H,2,8,12H2,1H3,(H2,28,29,32). The van der Waals surface area contributed by atoms with Crippen LogP contribution < -0.4 is 10.6 Å². The Hall–Kier alpha value is -3.66. The van der Waals surface area contributed by atoms with Crippen molar-refractivity contribution in [2.24, 2.45) is 0 Å². The number of nitrogens with one attached hydrogen (secondary N) is 2. The predicted molar refractivity (Wildman–Crippen MR) is 114 cm³/mol. The Morgan fingerprint density at radius 1 is 1.15 bits per heavy atom. The van der Waals surface area contributed by atoms with Gasteiger partial charge in [0, 0.05) is 12.1 Å². The second-order valence-electron chi connectivity index (χ2n) is 7.03. The highest BCUT2D eigenvalue weighted by Gasteiger charge is 2.33. The first-order valence-electron chi connectivity index (χ1n) is 9.89. The fourth-order valence-corrected chi connectivity index (χ4v) is 3.20. The zero-order chi connectivity index (χ0) is 24.2. The van der Waals surface area contributed by atoms with Crippen LogP contribution in [0.2, 0.25) is 0 Å². The lowest BCUT2D eigenvalue weighted by Crippen LogP contribution is -2.21. The molecule has 1 aliphatic rings. The van der Waals surface area contributed by atoms with Crippen molar-refractivity contribution in [3.8, 4) is 0 Å². The summed E-state index contributed by atoms with van der Waals surface area (Å²) < 4.78 is 59.2. The summed E-state index contributed by atoms with van der Waals surface area (Å²) in [6, 6.07) is 5.95. The van der Waals surface area contributed by atoms with Crippen LogP contribution in [0.1, 0.15) is 30.0 Å². The van der Waals surface area contributed by atoms with Crippen LogP contribution in [0, 0.1) is 5.82 Å². The van der Waals surface area contributed by atoms with E-state index in [9.17, 15) is 27.2 Å². The number of urea groups is 1. The maximum absolute atomic E-state index is 14.6. The summed E-state index contributed by atoms with van der Waals surface area (Å²) >= 11 is 0. The van der Waals surface area contributed by atoms with E-state index in [1.54, 1.807) is 13.0 Å². The van der Waals surface area contributed by atoms with E-state index in [1.807, 2.05) is 0 Å². The summed E-state index contributed by atoms with van der Waals surface area (Å²) in [6.07, 6.45) is -1.46. The molecular formula is C23H20F4N2O4. The number of allylic oxidation sites excluding steroid dienone is 4. The van der Waals surface area contributed by atoms with Crippen LogP contribution in [-0.2, 0) is 22.3 Å². The Kier molecular flexibility index (Phi) is 7.17. The second-order valence-corrected chi connectivity index (χ2v) is 7.03. The average Bonchev–Trinajstić information content (AvgIpc) is 2.76. The van der Waals surface area contributed by atoms with Gasteiger partial charge in [-0.05, 0) is 54.0 Å². The van der Waals surface area contributed by atoms with Gasteiger partial charge in [0.25, 0.3) is 0 Å². The summed E-state index contributed by atoms with van der Waals surface area (Å²) in [4.78, 5) is 24.0. The number of aliphatic hydroxyl groups is 1. The molecule has 0 saturated carbocycles. The molecule has 2 aromatic rings. The molecule has 0 aromatic heterocycles. The lowest BCUT2D eigenvalue weighted by atomic mass is 9.97. The number of Topliss-reactive ketones (excluding diaryl/α,β-unsaturated/α-hetero) is 1. The molecule has 0 spiro atoms. The van der Waals surface area contributed by atoms with Crippen molar-refractivity contribution in [2.75, 3.05) is 17.2 Å². The Morgan fingerprint density at radius 2 is 1.91 bits per heavy atom. The molecule has 174 valence electrons. The molecule has 0 unspecified atom stereocenters. The highest BCUT2D eigenvalue weighted by molar-refractivity contribution is 6.02. The van der Waals surface area contributed by atoms with E-state index in [0.717, 1.165) is 12.1 Å². The zero-order valence-electron chi connectivity index (χ0n) is 17.4. The Balaban J connectivity index is 1.73. The van der Waals surface area contributed by atoms with E-state index < -0.39 is 30.2 Å². The molecule has 6 nitrogen and oxygen atoms in total. The fraction of sp³-hybridized carbons (Fsp3) is 0.217. The third-order valence-electron chi connectivity index (χ3n) is 4.76. The second kappa shape index (κ2) is 9.86. The summed E-state index contributed by atoms with van der Waals surface area (Å²) in [6.45, 7) is 1.23. The molecule has 3 N–H and O–H groups in total. The van der Waals surface area contributed by atoms with Crippen molar-refractivity contribution >= 4 is 28.8 Å². The number of benzene rings is 2. The number of carbonyl (C=O) groups excluding carboxylic acids is 2.